The molecule has 1 N–H and O–H groups in total. The first-order valence-electron chi connectivity index (χ1n) is 6.94. The van der Waals surface area contributed by atoms with Gasteiger partial charge in [-0.2, -0.15) is 0 Å². The number of ketones is 1. The van der Waals surface area contributed by atoms with Gasteiger partial charge in [0, 0.05) is 16.7 Å². The van der Waals surface area contributed by atoms with Gasteiger partial charge < -0.3 is 5.32 Å². The lowest BCUT2D eigenvalue weighted by atomic mass is 9.75. The van der Waals surface area contributed by atoms with E-state index in [0.717, 1.165) is 31.4 Å². The second kappa shape index (κ2) is 5.55. The van der Waals surface area contributed by atoms with Gasteiger partial charge in [-0.25, -0.2) is 0 Å². The fourth-order valence-corrected chi connectivity index (χ4v) is 2.63. The average Bonchev–Trinajstić information content (AvgIpc) is 2.40. The van der Waals surface area contributed by atoms with Crippen molar-refractivity contribution in [2.45, 2.75) is 46.0 Å². The molecule has 0 heterocycles. The van der Waals surface area contributed by atoms with Crippen molar-refractivity contribution in [3.05, 3.63) is 29.8 Å². The van der Waals surface area contributed by atoms with Crippen LogP contribution in [0.3, 0.4) is 0 Å². The summed E-state index contributed by atoms with van der Waals surface area (Å²) in [7, 11) is 0. The van der Waals surface area contributed by atoms with Crippen LogP contribution in [0.5, 0.6) is 0 Å². The average molecular weight is 259 g/mol. The number of Topliss-reactive ketones (excluding diaryl/α,β-unsaturated/α-hetero) is 1. The molecule has 2 rings (SSSR count). The number of amides is 1. The van der Waals surface area contributed by atoms with Gasteiger partial charge in [-0.05, 0) is 44.0 Å². The van der Waals surface area contributed by atoms with Gasteiger partial charge in [0.25, 0.3) is 0 Å². The Bertz CT molecular complexity index is 470. The summed E-state index contributed by atoms with van der Waals surface area (Å²) in [5.74, 6) is 0.139. The number of anilines is 1. The van der Waals surface area contributed by atoms with E-state index in [4.69, 9.17) is 0 Å². The number of hydrogen-bond acceptors (Lipinski definition) is 2. The van der Waals surface area contributed by atoms with Crippen LogP contribution in [0.4, 0.5) is 5.69 Å². The van der Waals surface area contributed by atoms with E-state index in [-0.39, 0.29) is 17.1 Å². The number of rotatable bonds is 3. The first-order valence-corrected chi connectivity index (χ1v) is 6.94. The molecule has 3 heteroatoms. The van der Waals surface area contributed by atoms with Crippen molar-refractivity contribution in [2.24, 2.45) is 5.41 Å². The van der Waals surface area contributed by atoms with Crippen molar-refractivity contribution in [1.29, 1.82) is 0 Å². The molecular weight excluding hydrogens is 238 g/mol. The van der Waals surface area contributed by atoms with Crippen LogP contribution in [0.25, 0.3) is 0 Å². The summed E-state index contributed by atoms with van der Waals surface area (Å²) < 4.78 is 0. The molecule has 0 bridgehead atoms. The normalized spacial score (nSPS) is 17.8. The van der Waals surface area contributed by atoms with Crippen molar-refractivity contribution in [3.63, 3.8) is 0 Å². The molecule has 3 nitrogen and oxygen atoms in total. The van der Waals surface area contributed by atoms with Gasteiger partial charge in [0.1, 0.15) is 0 Å². The molecule has 1 aromatic rings. The van der Waals surface area contributed by atoms with E-state index < -0.39 is 0 Å². The van der Waals surface area contributed by atoms with Crippen LogP contribution >= 0.6 is 0 Å². The molecule has 0 unspecified atom stereocenters. The Morgan fingerprint density at radius 1 is 1.05 bits per heavy atom. The molecule has 102 valence electrons. The molecule has 1 aliphatic rings. The smallest absolute Gasteiger partial charge is 0.230 e. The van der Waals surface area contributed by atoms with Crippen molar-refractivity contribution in [3.8, 4) is 0 Å². The van der Waals surface area contributed by atoms with E-state index in [2.05, 4.69) is 5.32 Å². The molecule has 0 atom stereocenters. The van der Waals surface area contributed by atoms with Crippen molar-refractivity contribution >= 4 is 17.4 Å². The minimum absolute atomic E-state index is 0.0390. The zero-order valence-electron chi connectivity index (χ0n) is 11.7. The molecule has 0 aromatic heterocycles. The predicted molar refractivity (Wildman–Crippen MR) is 76.3 cm³/mol. The van der Waals surface area contributed by atoms with Gasteiger partial charge in [-0.3, -0.25) is 9.59 Å². The lowest BCUT2D eigenvalue weighted by Gasteiger charge is -2.32. The monoisotopic (exact) mass is 259 g/mol. The highest BCUT2D eigenvalue weighted by molar-refractivity contribution is 5.97. The summed E-state index contributed by atoms with van der Waals surface area (Å²) in [6, 6.07) is 7.09. The number of carbonyl (C=O) groups is 2. The summed E-state index contributed by atoms with van der Waals surface area (Å²) in [5.41, 5.74) is 1.20. The zero-order chi connectivity index (χ0) is 13.9. The predicted octanol–water partition coefficient (Wildman–Crippen LogP) is 3.80. The summed E-state index contributed by atoms with van der Waals surface area (Å²) in [5, 5.41) is 2.97. The third kappa shape index (κ3) is 3.22. The lowest BCUT2D eigenvalue weighted by Crippen LogP contribution is -2.35. The van der Waals surface area contributed by atoms with Crippen LogP contribution in [0.1, 0.15) is 56.3 Å². The second-order valence-electron chi connectivity index (χ2n) is 5.71. The van der Waals surface area contributed by atoms with Crippen LogP contribution in [-0.4, -0.2) is 11.7 Å². The molecule has 0 aliphatic heterocycles. The van der Waals surface area contributed by atoms with Gasteiger partial charge in [0.15, 0.2) is 5.78 Å². The minimum Gasteiger partial charge on any atom is -0.326 e. The standard InChI is InChI=1S/C16H21NO2/c1-12(18)13-6-8-14(9-7-13)17-15(19)16(2)10-4-3-5-11-16/h6-9H,3-5,10-11H2,1-2H3,(H,17,19). The third-order valence-corrected chi connectivity index (χ3v) is 4.05. The Kier molecular flexibility index (Phi) is 4.03. The zero-order valence-corrected chi connectivity index (χ0v) is 11.7. The highest BCUT2D eigenvalue weighted by Gasteiger charge is 2.34. The molecule has 1 aromatic carbocycles. The maximum Gasteiger partial charge on any atom is 0.230 e. The van der Waals surface area contributed by atoms with Crippen LogP contribution in [-0.2, 0) is 4.79 Å². The fourth-order valence-electron chi connectivity index (χ4n) is 2.63. The Labute approximate surface area is 114 Å². The van der Waals surface area contributed by atoms with E-state index >= 15 is 0 Å². The topological polar surface area (TPSA) is 46.2 Å². The van der Waals surface area contributed by atoms with Crippen molar-refractivity contribution in [2.75, 3.05) is 5.32 Å². The summed E-state index contributed by atoms with van der Waals surface area (Å²) in [4.78, 5) is 23.5. The Hall–Kier alpha value is -1.64. The van der Waals surface area contributed by atoms with Crippen LogP contribution in [0.2, 0.25) is 0 Å². The highest BCUT2D eigenvalue weighted by atomic mass is 16.2. The molecule has 1 aliphatic carbocycles. The number of carbonyl (C=O) groups excluding carboxylic acids is 2. The summed E-state index contributed by atoms with van der Waals surface area (Å²) >= 11 is 0. The molecule has 0 radical (unpaired) electrons. The van der Waals surface area contributed by atoms with Gasteiger partial charge in [0.2, 0.25) is 5.91 Å². The summed E-state index contributed by atoms with van der Waals surface area (Å²) in [6.45, 7) is 3.59. The lowest BCUT2D eigenvalue weighted by molar-refractivity contribution is -0.126. The highest BCUT2D eigenvalue weighted by Crippen LogP contribution is 2.36. The molecule has 0 spiro atoms. The molecule has 1 saturated carbocycles. The maximum absolute atomic E-state index is 12.3. The van der Waals surface area contributed by atoms with Crippen LogP contribution in [0.15, 0.2) is 24.3 Å². The quantitative estimate of drug-likeness (QED) is 0.839. The summed E-state index contributed by atoms with van der Waals surface area (Å²) in [6.07, 6.45) is 5.42. The van der Waals surface area contributed by atoms with Crippen LogP contribution in [0, 0.1) is 5.41 Å². The molecule has 1 amide bonds. The Balaban J connectivity index is 2.04. The SMILES string of the molecule is CC(=O)c1ccc(NC(=O)C2(C)CCCCC2)cc1. The van der Waals surface area contributed by atoms with E-state index in [1.165, 1.54) is 13.3 Å². The van der Waals surface area contributed by atoms with E-state index in [9.17, 15) is 9.59 Å². The Morgan fingerprint density at radius 3 is 2.16 bits per heavy atom. The molecule has 0 saturated heterocycles. The molecular formula is C16H21NO2. The maximum atomic E-state index is 12.3. The minimum atomic E-state index is -0.239. The molecule has 1 fully saturated rings. The van der Waals surface area contributed by atoms with E-state index in [1.807, 2.05) is 6.92 Å². The number of hydrogen-bond donors (Lipinski definition) is 1. The Morgan fingerprint density at radius 2 is 1.63 bits per heavy atom. The largest absolute Gasteiger partial charge is 0.326 e. The second-order valence-corrected chi connectivity index (χ2v) is 5.71. The number of benzene rings is 1. The van der Waals surface area contributed by atoms with Gasteiger partial charge in [-0.1, -0.05) is 26.2 Å². The fraction of sp³-hybridized carbons (Fsp3) is 0.500. The van der Waals surface area contributed by atoms with E-state index in [0.29, 0.717) is 5.56 Å². The van der Waals surface area contributed by atoms with Gasteiger partial charge in [-0.15, -0.1) is 0 Å². The first kappa shape index (κ1) is 13.8. The van der Waals surface area contributed by atoms with Crippen molar-refractivity contribution in [1.82, 2.24) is 0 Å². The van der Waals surface area contributed by atoms with Gasteiger partial charge >= 0.3 is 0 Å². The van der Waals surface area contributed by atoms with Crippen molar-refractivity contribution < 1.29 is 9.59 Å². The first-order chi connectivity index (χ1) is 9.01. The third-order valence-electron chi connectivity index (χ3n) is 4.05. The van der Waals surface area contributed by atoms with E-state index in [1.54, 1.807) is 24.3 Å². The number of nitrogens with one attached hydrogen (secondary N) is 1. The van der Waals surface area contributed by atoms with Gasteiger partial charge in [0.05, 0.1) is 0 Å². The van der Waals surface area contributed by atoms with Crippen LogP contribution < -0.4 is 5.32 Å². The molecule has 19 heavy (non-hydrogen) atoms.